The molecule has 1 aromatic carbocycles. The number of aromatic nitrogens is 2. The van der Waals surface area contributed by atoms with E-state index in [9.17, 15) is 19.5 Å². The molecular formula is C30H44N8O4. The van der Waals surface area contributed by atoms with Crippen LogP contribution >= 0.6 is 0 Å². The Hall–Kier alpha value is -3.93. The summed E-state index contributed by atoms with van der Waals surface area (Å²) in [6.07, 6.45) is 5.81. The molecule has 12 nitrogen and oxygen atoms in total. The summed E-state index contributed by atoms with van der Waals surface area (Å²) in [5.74, 6) is 0.838. The molecule has 0 saturated carbocycles. The molecule has 3 heterocycles. The Bertz CT molecular complexity index is 1230. The number of amides is 3. The van der Waals surface area contributed by atoms with Crippen molar-refractivity contribution in [1.82, 2.24) is 25.1 Å². The van der Waals surface area contributed by atoms with Crippen molar-refractivity contribution >= 4 is 35.2 Å². The predicted molar refractivity (Wildman–Crippen MR) is 162 cm³/mol. The van der Waals surface area contributed by atoms with E-state index in [0.29, 0.717) is 37.9 Å². The molecule has 2 aromatic rings. The van der Waals surface area contributed by atoms with Gasteiger partial charge in [0.1, 0.15) is 5.82 Å². The number of rotatable bonds is 10. The van der Waals surface area contributed by atoms with Crippen LogP contribution in [0.3, 0.4) is 0 Å². The maximum atomic E-state index is 12.7. The Morgan fingerprint density at radius 3 is 2.31 bits per heavy atom. The van der Waals surface area contributed by atoms with Gasteiger partial charge in [0, 0.05) is 50.5 Å². The highest BCUT2D eigenvalue weighted by molar-refractivity contribution is 5.96. The molecule has 2 saturated heterocycles. The van der Waals surface area contributed by atoms with Gasteiger partial charge in [-0.1, -0.05) is 12.1 Å². The summed E-state index contributed by atoms with van der Waals surface area (Å²) in [5.41, 5.74) is 7.18. The van der Waals surface area contributed by atoms with Crippen molar-refractivity contribution in [2.75, 3.05) is 56.0 Å². The Kier molecular flexibility index (Phi) is 10.2. The van der Waals surface area contributed by atoms with Crippen LogP contribution in [0.5, 0.6) is 0 Å². The topological polar surface area (TPSA) is 157 Å². The number of carbonyl (C=O) groups is 3. The first-order valence-electron chi connectivity index (χ1n) is 14.8. The Balaban J connectivity index is 1.27. The zero-order valence-corrected chi connectivity index (χ0v) is 24.9. The summed E-state index contributed by atoms with van der Waals surface area (Å²) in [4.78, 5) is 50.6. The van der Waals surface area contributed by atoms with Crippen LogP contribution in [0.15, 0.2) is 30.5 Å². The Morgan fingerprint density at radius 2 is 1.71 bits per heavy atom. The third-order valence-corrected chi connectivity index (χ3v) is 7.99. The summed E-state index contributed by atoms with van der Waals surface area (Å²) in [6, 6.07) is 8.08. The summed E-state index contributed by atoms with van der Waals surface area (Å²) >= 11 is 0. The number of anilines is 3. The highest BCUT2D eigenvalue weighted by Crippen LogP contribution is 2.30. The number of primary amides is 1. The van der Waals surface area contributed by atoms with Crippen molar-refractivity contribution in [1.29, 1.82) is 0 Å². The summed E-state index contributed by atoms with van der Waals surface area (Å²) in [5, 5.41) is 15.7. The number of benzene rings is 1. The molecule has 42 heavy (non-hydrogen) atoms. The monoisotopic (exact) mass is 580 g/mol. The summed E-state index contributed by atoms with van der Waals surface area (Å²) < 4.78 is 0. The molecule has 12 heteroatoms. The molecule has 0 atom stereocenters. The van der Waals surface area contributed by atoms with Gasteiger partial charge in [-0.05, 0) is 76.5 Å². The lowest BCUT2D eigenvalue weighted by molar-refractivity contribution is -0.131. The van der Waals surface area contributed by atoms with E-state index < -0.39 is 17.5 Å². The highest BCUT2D eigenvalue weighted by atomic mass is 16.4. The van der Waals surface area contributed by atoms with Gasteiger partial charge < -0.3 is 36.2 Å². The van der Waals surface area contributed by atoms with Gasteiger partial charge in [0.05, 0.1) is 12.7 Å². The third-order valence-electron chi connectivity index (χ3n) is 7.99. The summed E-state index contributed by atoms with van der Waals surface area (Å²) in [6.45, 7) is 9.67. The molecule has 0 radical (unpaired) electrons. The summed E-state index contributed by atoms with van der Waals surface area (Å²) in [7, 11) is 0. The van der Waals surface area contributed by atoms with E-state index in [1.165, 1.54) is 16.9 Å². The minimum Gasteiger partial charge on any atom is -0.465 e. The second-order valence-corrected chi connectivity index (χ2v) is 12.0. The van der Waals surface area contributed by atoms with Gasteiger partial charge in [-0.2, -0.15) is 0 Å². The number of nitrogens with one attached hydrogen (secondary N) is 2. The second-order valence-electron chi connectivity index (χ2n) is 12.0. The fraction of sp³-hybridized carbons (Fsp3) is 0.567. The first-order chi connectivity index (χ1) is 20.0. The zero-order chi connectivity index (χ0) is 30.3. The third kappa shape index (κ3) is 8.09. The number of likely N-dealkylation sites (tertiary alicyclic amines) is 1. The Morgan fingerprint density at radius 1 is 1.05 bits per heavy atom. The minimum atomic E-state index is -0.965. The maximum absolute atomic E-state index is 12.7. The smallest absolute Gasteiger partial charge is 0.407 e. The van der Waals surface area contributed by atoms with Gasteiger partial charge in [0.15, 0.2) is 11.5 Å². The normalized spacial score (nSPS) is 16.3. The average Bonchev–Trinajstić information content (AvgIpc) is 2.97. The van der Waals surface area contributed by atoms with Gasteiger partial charge in [-0.3, -0.25) is 9.59 Å². The van der Waals surface area contributed by atoms with Crippen LogP contribution in [-0.2, 0) is 4.79 Å². The van der Waals surface area contributed by atoms with E-state index in [2.05, 4.69) is 37.6 Å². The molecule has 228 valence electrons. The predicted octanol–water partition coefficient (Wildman–Crippen LogP) is 3.38. The molecule has 5 N–H and O–H groups in total. The molecular weight excluding hydrogens is 536 g/mol. The van der Waals surface area contributed by atoms with Crippen LogP contribution < -0.4 is 21.3 Å². The van der Waals surface area contributed by atoms with Crippen LogP contribution in [0.4, 0.5) is 22.1 Å². The van der Waals surface area contributed by atoms with E-state index in [1.807, 2.05) is 37.8 Å². The highest BCUT2D eigenvalue weighted by Gasteiger charge is 2.26. The largest absolute Gasteiger partial charge is 0.465 e. The lowest BCUT2D eigenvalue weighted by atomic mass is 9.89. The van der Waals surface area contributed by atoms with E-state index >= 15 is 0 Å². The molecule has 3 amide bonds. The molecule has 2 fully saturated rings. The number of nitrogens with two attached hydrogens (primary N) is 1. The fourth-order valence-corrected chi connectivity index (χ4v) is 5.58. The lowest BCUT2D eigenvalue weighted by Crippen LogP contribution is -2.49. The quantitative estimate of drug-likeness (QED) is 0.309. The molecule has 0 unspecified atom stereocenters. The fourth-order valence-electron chi connectivity index (χ4n) is 5.58. The lowest BCUT2D eigenvalue weighted by Gasteiger charge is -2.34. The van der Waals surface area contributed by atoms with Crippen LogP contribution in [0.1, 0.15) is 74.8 Å². The molecule has 0 spiro atoms. The van der Waals surface area contributed by atoms with Gasteiger partial charge in [0.2, 0.25) is 5.91 Å². The zero-order valence-electron chi connectivity index (χ0n) is 24.9. The number of hydrogen-bond donors (Lipinski definition) is 4. The number of piperidine rings is 2. The van der Waals surface area contributed by atoms with Crippen molar-refractivity contribution in [2.45, 2.75) is 64.3 Å². The first kappa shape index (κ1) is 31.0. The van der Waals surface area contributed by atoms with Crippen LogP contribution in [-0.4, -0.2) is 94.1 Å². The van der Waals surface area contributed by atoms with Gasteiger partial charge in [0.25, 0.3) is 5.91 Å². The average molecular weight is 581 g/mol. The Labute approximate surface area is 247 Å². The van der Waals surface area contributed by atoms with Gasteiger partial charge in [-0.25, -0.2) is 14.8 Å². The van der Waals surface area contributed by atoms with E-state index in [4.69, 9.17) is 5.73 Å². The number of carbonyl (C=O) groups excluding carboxylic acids is 2. The molecule has 0 aliphatic carbocycles. The molecule has 0 bridgehead atoms. The second kappa shape index (κ2) is 13.8. The molecule has 4 rings (SSSR count). The van der Waals surface area contributed by atoms with Crippen LogP contribution in [0.2, 0.25) is 0 Å². The minimum absolute atomic E-state index is 0.0313. The molecule has 2 aliphatic heterocycles. The van der Waals surface area contributed by atoms with E-state index in [0.717, 1.165) is 50.3 Å². The van der Waals surface area contributed by atoms with Crippen molar-refractivity contribution in [2.24, 2.45) is 5.73 Å². The number of carboxylic acid groups (broad SMARTS) is 1. The van der Waals surface area contributed by atoms with Gasteiger partial charge in [-0.15, -0.1) is 0 Å². The van der Waals surface area contributed by atoms with Crippen LogP contribution in [0.25, 0.3) is 0 Å². The van der Waals surface area contributed by atoms with Crippen molar-refractivity contribution < 1.29 is 19.5 Å². The number of hydrogen-bond acceptors (Lipinski definition) is 8. The standard InChI is InChI=1S/C30H44N8O4/c1-30(2,3)38(29(41)42)18-13-32-20-25(39)37-16-11-22(12-17-37)21-7-9-23(10-8-21)34-28-26(27(31)40)33-19-24(35-28)36-14-5-4-6-15-36/h7-10,19,22,32H,4-6,11-18,20H2,1-3H3,(H2,31,40)(H,34,35)(H,41,42). The SMILES string of the molecule is CC(C)(C)N(CCNCC(=O)N1CCC(c2ccc(Nc3nc(N4CCCCC4)cnc3C(N)=O)cc2)CC1)C(=O)O. The van der Waals surface area contributed by atoms with Gasteiger partial charge >= 0.3 is 6.09 Å². The van der Waals surface area contributed by atoms with Crippen molar-refractivity contribution in [3.05, 3.63) is 41.7 Å². The number of nitrogens with zero attached hydrogens (tertiary/aromatic N) is 5. The van der Waals surface area contributed by atoms with E-state index in [-0.39, 0.29) is 18.1 Å². The van der Waals surface area contributed by atoms with Crippen molar-refractivity contribution in [3.8, 4) is 0 Å². The molecule has 2 aliphatic rings. The first-order valence-corrected chi connectivity index (χ1v) is 14.8. The maximum Gasteiger partial charge on any atom is 0.407 e. The van der Waals surface area contributed by atoms with E-state index in [1.54, 1.807) is 6.20 Å². The van der Waals surface area contributed by atoms with Crippen LogP contribution in [0, 0.1) is 0 Å². The van der Waals surface area contributed by atoms with Crippen molar-refractivity contribution in [3.63, 3.8) is 0 Å². The molecule has 1 aromatic heterocycles.